The summed E-state index contributed by atoms with van der Waals surface area (Å²) in [4.78, 5) is 0. The molecule has 0 saturated carbocycles. The van der Waals surface area contributed by atoms with Gasteiger partial charge >= 0.3 is 5.90 Å². The van der Waals surface area contributed by atoms with E-state index in [0.717, 1.165) is 18.2 Å². The van der Waals surface area contributed by atoms with Crippen molar-refractivity contribution in [2.45, 2.75) is 19.4 Å². The van der Waals surface area contributed by atoms with Crippen molar-refractivity contribution in [3.05, 3.63) is 59.7 Å². The summed E-state index contributed by atoms with van der Waals surface area (Å²) in [7, 11) is -1.67. The van der Waals surface area contributed by atoms with Crippen LogP contribution >= 0.6 is 0 Å². The van der Waals surface area contributed by atoms with Crippen LogP contribution in [0.5, 0.6) is 0 Å². The Morgan fingerprint density at radius 3 is 2.07 bits per heavy atom. The SMILES string of the molecule is COS(=O)(=O)[O-].C[N+]1=C(c2cc(F)ccc2-c2ccc(F)cc2)OCC1(C)C. The number of nitrogens with zero attached hydrogens (tertiary/aromatic N) is 1. The second-order valence-corrected chi connectivity index (χ2v) is 7.89. The Labute approximate surface area is 163 Å². The highest BCUT2D eigenvalue weighted by Crippen LogP contribution is 2.29. The number of hydrogen-bond acceptors (Lipinski definition) is 5. The summed E-state index contributed by atoms with van der Waals surface area (Å²) in [5.74, 6) is 0.0225. The van der Waals surface area contributed by atoms with Crippen LogP contribution in [0, 0.1) is 11.6 Å². The first-order chi connectivity index (χ1) is 12.9. The van der Waals surface area contributed by atoms with Crippen LogP contribution in [0.25, 0.3) is 11.1 Å². The van der Waals surface area contributed by atoms with Gasteiger partial charge in [0.05, 0.1) is 12.7 Å². The Balaban J connectivity index is 0.000000409. The van der Waals surface area contributed by atoms with Crippen LogP contribution in [0.1, 0.15) is 19.4 Å². The van der Waals surface area contributed by atoms with Gasteiger partial charge < -0.3 is 9.29 Å². The zero-order chi connectivity index (χ0) is 21.1. The van der Waals surface area contributed by atoms with Gasteiger partial charge in [-0.15, -0.1) is 0 Å². The molecule has 2 aromatic rings. The van der Waals surface area contributed by atoms with Crippen LogP contribution in [0.2, 0.25) is 0 Å². The fourth-order valence-corrected chi connectivity index (χ4v) is 2.55. The molecule has 0 N–H and O–H groups in total. The third-order valence-electron chi connectivity index (χ3n) is 4.35. The molecule has 1 heterocycles. The van der Waals surface area contributed by atoms with Gasteiger partial charge in [-0.2, -0.15) is 4.58 Å². The van der Waals surface area contributed by atoms with Crippen molar-refractivity contribution < 1.29 is 35.2 Å². The zero-order valence-corrected chi connectivity index (χ0v) is 16.7. The Morgan fingerprint density at radius 2 is 1.61 bits per heavy atom. The highest BCUT2D eigenvalue weighted by atomic mass is 32.3. The van der Waals surface area contributed by atoms with E-state index in [1.165, 1.54) is 24.3 Å². The predicted molar refractivity (Wildman–Crippen MR) is 98.8 cm³/mol. The first kappa shape index (κ1) is 21.9. The highest BCUT2D eigenvalue weighted by Gasteiger charge is 2.41. The predicted octanol–water partition coefficient (Wildman–Crippen LogP) is 2.92. The van der Waals surface area contributed by atoms with Crippen LogP contribution in [0.15, 0.2) is 42.5 Å². The molecule has 0 fully saturated rings. The van der Waals surface area contributed by atoms with E-state index in [1.54, 1.807) is 18.2 Å². The van der Waals surface area contributed by atoms with Gasteiger partial charge in [-0.3, -0.25) is 4.18 Å². The molecule has 0 bridgehead atoms. The van der Waals surface area contributed by atoms with Crippen molar-refractivity contribution in [1.82, 2.24) is 0 Å². The molecule has 0 radical (unpaired) electrons. The number of ether oxygens (including phenoxy) is 1. The summed E-state index contributed by atoms with van der Waals surface area (Å²) < 4.78 is 65.7. The van der Waals surface area contributed by atoms with Crippen LogP contribution in [-0.4, -0.2) is 49.7 Å². The molecule has 0 unspecified atom stereocenters. The molecule has 0 aliphatic carbocycles. The Bertz CT molecular complexity index is 986. The third-order valence-corrected chi connectivity index (χ3v) is 4.75. The maximum atomic E-state index is 13.8. The van der Waals surface area contributed by atoms with Crippen molar-refractivity contribution >= 4 is 16.3 Å². The molecule has 2 aromatic carbocycles. The molecule has 1 aliphatic heterocycles. The fraction of sp³-hybridized carbons (Fsp3) is 0.316. The van der Waals surface area contributed by atoms with Crippen LogP contribution < -0.4 is 0 Å². The van der Waals surface area contributed by atoms with Crippen molar-refractivity contribution in [2.24, 2.45) is 0 Å². The minimum Gasteiger partial charge on any atom is -0.726 e. The number of likely N-dealkylation sites (N-methyl/N-ethyl adjacent to an activating group) is 1. The quantitative estimate of drug-likeness (QED) is 0.439. The molecule has 0 spiro atoms. The summed E-state index contributed by atoms with van der Waals surface area (Å²) in [5, 5.41) is 0. The standard InChI is InChI=1S/C18H18F2NO.CH4O4S/c1-18(2)11-22-17(21(18)3)16-10-14(20)8-9-15(16)12-4-6-13(19)7-5-12;1-5-6(2,3)4/h4-10H,11H2,1-3H3;1H3,(H,2,3,4)/q+1;/p-1. The van der Waals surface area contributed by atoms with E-state index in [4.69, 9.17) is 4.74 Å². The molecule has 0 amide bonds. The van der Waals surface area contributed by atoms with Gasteiger partial charge in [0.15, 0.2) is 12.1 Å². The van der Waals surface area contributed by atoms with Gasteiger partial charge in [0, 0.05) is 13.8 Å². The largest absolute Gasteiger partial charge is 0.726 e. The van der Waals surface area contributed by atoms with Crippen molar-refractivity contribution in [2.75, 3.05) is 20.8 Å². The number of hydrogen-bond donors (Lipinski definition) is 0. The molecular weight excluding hydrogens is 392 g/mol. The van der Waals surface area contributed by atoms with E-state index in [9.17, 15) is 21.8 Å². The van der Waals surface area contributed by atoms with Gasteiger partial charge in [0.1, 0.15) is 18.7 Å². The lowest BCUT2D eigenvalue weighted by atomic mass is 9.99. The normalized spacial score (nSPS) is 15.7. The van der Waals surface area contributed by atoms with Gasteiger partial charge in [-0.05, 0) is 35.4 Å². The average Bonchev–Trinajstić information content (AvgIpc) is 2.89. The maximum Gasteiger partial charge on any atom is 0.371 e. The number of halogens is 2. The van der Waals surface area contributed by atoms with Gasteiger partial charge in [-0.25, -0.2) is 17.2 Å². The topological polar surface area (TPSA) is 78.7 Å². The molecule has 9 heteroatoms. The van der Waals surface area contributed by atoms with Crippen molar-refractivity contribution in [3.8, 4) is 11.1 Å². The molecule has 0 aromatic heterocycles. The average molecular weight is 413 g/mol. The summed E-state index contributed by atoms with van der Waals surface area (Å²) >= 11 is 0. The monoisotopic (exact) mass is 413 g/mol. The van der Waals surface area contributed by atoms with Gasteiger partial charge in [0.2, 0.25) is 10.4 Å². The first-order valence-corrected chi connectivity index (χ1v) is 9.59. The van der Waals surface area contributed by atoms with Crippen molar-refractivity contribution in [1.29, 1.82) is 0 Å². The summed E-state index contributed by atoms with van der Waals surface area (Å²) in [6.45, 7) is 4.67. The van der Waals surface area contributed by atoms with Crippen molar-refractivity contribution in [3.63, 3.8) is 0 Å². The lowest BCUT2D eigenvalue weighted by Gasteiger charge is -2.10. The molecule has 6 nitrogen and oxygen atoms in total. The van der Waals surface area contributed by atoms with Gasteiger partial charge in [0.25, 0.3) is 0 Å². The summed E-state index contributed by atoms with van der Waals surface area (Å²) in [6.07, 6.45) is 0. The molecule has 28 heavy (non-hydrogen) atoms. The van der Waals surface area contributed by atoms with E-state index >= 15 is 0 Å². The molecule has 0 saturated heterocycles. The van der Waals surface area contributed by atoms with E-state index in [1.807, 2.05) is 11.6 Å². The molecule has 152 valence electrons. The fourth-order valence-electron chi connectivity index (χ4n) is 2.55. The van der Waals surface area contributed by atoms with Crippen LogP contribution in [0.3, 0.4) is 0 Å². The minimum atomic E-state index is -4.41. The van der Waals surface area contributed by atoms with E-state index in [0.29, 0.717) is 18.1 Å². The van der Waals surface area contributed by atoms with E-state index in [2.05, 4.69) is 18.0 Å². The Kier molecular flexibility index (Phi) is 6.53. The molecule has 3 rings (SSSR count). The van der Waals surface area contributed by atoms with Crippen LogP contribution in [-0.2, 0) is 19.3 Å². The summed E-state index contributed by atoms with van der Waals surface area (Å²) in [6, 6.07) is 10.7. The number of rotatable bonds is 3. The van der Waals surface area contributed by atoms with Crippen LogP contribution in [0.4, 0.5) is 8.78 Å². The van der Waals surface area contributed by atoms with Gasteiger partial charge in [-0.1, -0.05) is 18.2 Å². The lowest BCUT2D eigenvalue weighted by molar-refractivity contribution is -0.562. The maximum absolute atomic E-state index is 13.8. The lowest BCUT2D eigenvalue weighted by Crippen LogP contribution is -2.33. The minimum absolute atomic E-state index is 0.151. The zero-order valence-electron chi connectivity index (χ0n) is 15.9. The van der Waals surface area contributed by atoms with E-state index in [-0.39, 0.29) is 17.2 Å². The molecule has 0 atom stereocenters. The molecule has 1 aliphatic rings. The second kappa shape index (κ2) is 8.34. The number of benzene rings is 2. The second-order valence-electron chi connectivity index (χ2n) is 6.74. The first-order valence-electron chi connectivity index (χ1n) is 8.25. The van der Waals surface area contributed by atoms with E-state index < -0.39 is 10.4 Å². The highest BCUT2D eigenvalue weighted by molar-refractivity contribution is 7.80. The molecular formula is C19H21F2NO5S. The Morgan fingerprint density at radius 1 is 1.07 bits per heavy atom. The smallest absolute Gasteiger partial charge is 0.371 e. The third kappa shape index (κ3) is 5.34. The summed E-state index contributed by atoms with van der Waals surface area (Å²) in [5.41, 5.74) is 2.17. The Hall–Kier alpha value is -2.36.